The predicted molar refractivity (Wildman–Crippen MR) is 81.0 cm³/mol. The molecule has 0 aliphatic carbocycles. The minimum Gasteiger partial charge on any atom is -0.384 e. The molecule has 1 rings (SSSR count). The Morgan fingerprint density at radius 3 is 2.75 bits per heavy atom. The largest absolute Gasteiger partial charge is 0.384 e. The third kappa shape index (κ3) is 5.55. The van der Waals surface area contributed by atoms with Crippen LogP contribution in [0.1, 0.15) is 28.4 Å². The maximum Gasteiger partial charge on any atom is 0.251 e. The van der Waals surface area contributed by atoms with Crippen molar-refractivity contribution in [3.05, 3.63) is 34.9 Å². The molecule has 2 unspecified atom stereocenters. The van der Waals surface area contributed by atoms with Crippen LogP contribution in [0.2, 0.25) is 0 Å². The van der Waals surface area contributed by atoms with E-state index in [2.05, 4.69) is 17.2 Å². The van der Waals surface area contributed by atoms with Crippen molar-refractivity contribution in [1.82, 2.24) is 5.32 Å². The number of aliphatic hydroxyl groups is 1. The second-order valence-electron chi connectivity index (χ2n) is 4.66. The fourth-order valence-electron chi connectivity index (χ4n) is 1.83. The van der Waals surface area contributed by atoms with Crippen molar-refractivity contribution >= 4 is 16.7 Å². The van der Waals surface area contributed by atoms with Gasteiger partial charge in [-0.1, -0.05) is 11.8 Å². The molecule has 4 nitrogen and oxygen atoms in total. The summed E-state index contributed by atoms with van der Waals surface area (Å²) in [7, 11) is -0.946. The maximum absolute atomic E-state index is 12.1. The zero-order valence-electron chi connectivity index (χ0n) is 11.9. The van der Waals surface area contributed by atoms with Gasteiger partial charge >= 0.3 is 0 Å². The van der Waals surface area contributed by atoms with Gasteiger partial charge in [0.05, 0.1) is 0 Å². The number of benzene rings is 1. The summed E-state index contributed by atoms with van der Waals surface area (Å²) in [6.45, 7) is 3.49. The summed E-state index contributed by atoms with van der Waals surface area (Å²) in [6, 6.07) is 5.15. The third-order valence-corrected chi connectivity index (χ3v) is 3.48. The highest BCUT2D eigenvalue weighted by Crippen LogP contribution is 2.09. The molecule has 0 bridgehead atoms. The molecule has 0 spiro atoms. The number of nitrogens with one attached hydrogen (secondary N) is 1. The molecule has 1 aromatic carbocycles. The molecule has 0 saturated carbocycles. The van der Waals surface area contributed by atoms with Crippen molar-refractivity contribution in [2.75, 3.05) is 18.6 Å². The van der Waals surface area contributed by atoms with Crippen molar-refractivity contribution in [3.8, 4) is 11.8 Å². The van der Waals surface area contributed by atoms with Crippen LogP contribution in [-0.2, 0) is 10.8 Å². The second-order valence-corrected chi connectivity index (χ2v) is 6.14. The Morgan fingerprint density at radius 2 is 2.15 bits per heavy atom. The lowest BCUT2D eigenvalue weighted by Gasteiger charge is -2.13. The molecule has 0 fully saturated rings. The molecule has 20 heavy (non-hydrogen) atoms. The van der Waals surface area contributed by atoms with Crippen molar-refractivity contribution in [2.45, 2.75) is 19.9 Å². The summed E-state index contributed by atoms with van der Waals surface area (Å²) in [5.41, 5.74) is 2.13. The fraction of sp³-hybridized carbons (Fsp3) is 0.400. The van der Waals surface area contributed by atoms with Crippen LogP contribution < -0.4 is 5.32 Å². The van der Waals surface area contributed by atoms with E-state index in [0.717, 1.165) is 5.56 Å². The molecule has 1 aromatic rings. The minimum atomic E-state index is -0.946. The Labute approximate surface area is 122 Å². The Morgan fingerprint density at radius 1 is 1.45 bits per heavy atom. The first-order valence-corrected chi connectivity index (χ1v) is 7.97. The first kappa shape index (κ1) is 16.4. The summed E-state index contributed by atoms with van der Waals surface area (Å²) < 4.78 is 11.1. The van der Waals surface area contributed by atoms with Crippen LogP contribution in [0.4, 0.5) is 0 Å². The first-order valence-electron chi connectivity index (χ1n) is 6.24. The van der Waals surface area contributed by atoms with Gasteiger partial charge in [0.15, 0.2) is 0 Å². The minimum absolute atomic E-state index is 0.152. The number of rotatable bonds is 4. The van der Waals surface area contributed by atoms with E-state index < -0.39 is 10.8 Å². The van der Waals surface area contributed by atoms with Crippen LogP contribution >= 0.6 is 0 Å². The Bertz CT molecular complexity index is 572. The highest BCUT2D eigenvalue weighted by molar-refractivity contribution is 7.84. The lowest BCUT2D eigenvalue weighted by Crippen LogP contribution is -2.36. The van der Waals surface area contributed by atoms with E-state index in [4.69, 9.17) is 5.11 Å². The van der Waals surface area contributed by atoms with E-state index >= 15 is 0 Å². The lowest BCUT2D eigenvalue weighted by molar-refractivity contribution is 0.0943. The SMILES string of the molecule is Cc1cc(C#CCO)cc(C(=O)NC(C)CS(C)=O)c1. The average molecular weight is 293 g/mol. The molecule has 0 aliphatic heterocycles. The van der Waals surface area contributed by atoms with Crippen LogP contribution in [0.15, 0.2) is 18.2 Å². The van der Waals surface area contributed by atoms with Crippen molar-refractivity contribution < 1.29 is 14.1 Å². The molecule has 5 heteroatoms. The van der Waals surface area contributed by atoms with Crippen LogP contribution in [0.25, 0.3) is 0 Å². The standard InChI is InChI=1S/C15H19NO3S/c1-11-7-13(5-4-6-17)9-14(8-11)15(18)16-12(2)10-20(3)19/h7-9,12,17H,6,10H2,1-3H3,(H,16,18). The Kier molecular flexibility index (Phi) is 6.43. The van der Waals surface area contributed by atoms with Crippen LogP contribution in [0.5, 0.6) is 0 Å². The number of aryl methyl sites for hydroxylation is 1. The van der Waals surface area contributed by atoms with Gasteiger partial charge in [0.1, 0.15) is 6.61 Å². The van der Waals surface area contributed by atoms with Crippen LogP contribution in [-0.4, -0.2) is 39.9 Å². The molecular formula is C15H19NO3S. The fourth-order valence-corrected chi connectivity index (χ4v) is 2.62. The number of aliphatic hydroxyl groups excluding tert-OH is 1. The second kappa shape index (κ2) is 7.83. The molecule has 108 valence electrons. The summed E-state index contributed by atoms with van der Waals surface area (Å²) in [5.74, 6) is 5.56. The molecule has 2 atom stereocenters. The van der Waals surface area contributed by atoms with Gasteiger partial charge < -0.3 is 10.4 Å². The van der Waals surface area contributed by atoms with Gasteiger partial charge in [0, 0.05) is 40.0 Å². The zero-order valence-corrected chi connectivity index (χ0v) is 12.7. The molecule has 1 amide bonds. The van der Waals surface area contributed by atoms with E-state index in [1.165, 1.54) is 0 Å². The van der Waals surface area contributed by atoms with Gasteiger partial charge in [-0.3, -0.25) is 9.00 Å². The highest BCUT2D eigenvalue weighted by Gasteiger charge is 2.11. The number of carbonyl (C=O) groups is 1. The topological polar surface area (TPSA) is 66.4 Å². The predicted octanol–water partition coefficient (Wildman–Crippen LogP) is 0.836. The number of hydrogen-bond acceptors (Lipinski definition) is 3. The summed E-state index contributed by atoms with van der Waals surface area (Å²) in [5, 5.41) is 11.5. The first-order chi connectivity index (χ1) is 9.42. The number of hydrogen-bond donors (Lipinski definition) is 2. The van der Waals surface area contributed by atoms with Crippen LogP contribution in [0.3, 0.4) is 0 Å². The quantitative estimate of drug-likeness (QED) is 0.808. The highest BCUT2D eigenvalue weighted by atomic mass is 32.2. The molecule has 0 aliphatic rings. The Balaban J connectivity index is 2.87. The molecule has 0 saturated heterocycles. The van der Waals surface area contributed by atoms with Gasteiger partial charge in [0.2, 0.25) is 0 Å². The summed E-state index contributed by atoms with van der Waals surface area (Å²) >= 11 is 0. The van der Waals surface area contributed by atoms with E-state index in [1.54, 1.807) is 18.4 Å². The summed E-state index contributed by atoms with van der Waals surface area (Å²) in [6.07, 6.45) is 1.61. The van der Waals surface area contributed by atoms with Crippen molar-refractivity contribution in [2.24, 2.45) is 0 Å². The van der Waals surface area contributed by atoms with Gasteiger partial charge in [-0.05, 0) is 37.6 Å². The summed E-state index contributed by atoms with van der Waals surface area (Å²) in [4.78, 5) is 12.1. The van der Waals surface area contributed by atoms with E-state index in [-0.39, 0.29) is 18.6 Å². The van der Waals surface area contributed by atoms with Gasteiger partial charge in [-0.2, -0.15) is 0 Å². The normalized spacial score (nSPS) is 13.0. The van der Waals surface area contributed by atoms with Gasteiger partial charge in [-0.25, -0.2) is 0 Å². The lowest BCUT2D eigenvalue weighted by atomic mass is 10.1. The van der Waals surface area contributed by atoms with Crippen molar-refractivity contribution in [3.63, 3.8) is 0 Å². The van der Waals surface area contributed by atoms with Gasteiger partial charge in [0.25, 0.3) is 5.91 Å². The van der Waals surface area contributed by atoms with Gasteiger partial charge in [-0.15, -0.1) is 0 Å². The smallest absolute Gasteiger partial charge is 0.251 e. The zero-order chi connectivity index (χ0) is 15.1. The van der Waals surface area contributed by atoms with E-state index in [9.17, 15) is 9.00 Å². The molecule has 0 heterocycles. The molecular weight excluding hydrogens is 274 g/mol. The maximum atomic E-state index is 12.1. The number of carbonyl (C=O) groups excluding carboxylic acids is 1. The van der Waals surface area contributed by atoms with E-state index in [0.29, 0.717) is 16.9 Å². The number of amides is 1. The molecule has 0 aromatic heterocycles. The average Bonchev–Trinajstić information content (AvgIpc) is 2.34. The Hall–Kier alpha value is -1.64. The van der Waals surface area contributed by atoms with Crippen molar-refractivity contribution in [1.29, 1.82) is 0 Å². The molecule has 2 N–H and O–H groups in total. The monoisotopic (exact) mass is 293 g/mol. The third-order valence-electron chi connectivity index (χ3n) is 2.51. The van der Waals surface area contributed by atoms with E-state index in [1.807, 2.05) is 19.9 Å². The molecule has 0 radical (unpaired) electrons. The van der Waals surface area contributed by atoms with Crippen LogP contribution in [0, 0.1) is 18.8 Å².